The van der Waals surface area contributed by atoms with Crippen molar-refractivity contribution in [1.29, 1.82) is 5.26 Å². The van der Waals surface area contributed by atoms with Gasteiger partial charge in [0.05, 0.1) is 19.3 Å². The van der Waals surface area contributed by atoms with Crippen molar-refractivity contribution in [1.82, 2.24) is 15.5 Å². The average molecular weight is 430 g/mol. The number of rotatable bonds is 10. The molecular weight excluding hydrogens is 398 g/mol. The number of carbonyl (C=O) groups is 3. The van der Waals surface area contributed by atoms with E-state index in [9.17, 15) is 14.4 Å². The molecule has 0 bridgehead atoms. The van der Waals surface area contributed by atoms with Crippen LogP contribution in [-0.2, 0) is 14.3 Å². The van der Waals surface area contributed by atoms with Crippen molar-refractivity contribution in [3.8, 4) is 6.07 Å². The van der Waals surface area contributed by atoms with Gasteiger partial charge in [-0.25, -0.2) is 0 Å². The fourth-order valence-corrected chi connectivity index (χ4v) is 3.24. The maximum absolute atomic E-state index is 12.7. The Balaban J connectivity index is 1.93. The van der Waals surface area contributed by atoms with Gasteiger partial charge in [0.15, 0.2) is 0 Å². The van der Waals surface area contributed by atoms with E-state index in [2.05, 4.69) is 20.9 Å². The number of anilines is 1. The SMILES string of the molecule is CC(C)C[C@H](NC(=O)c1cccc(NC(=O)CCN2CCOCC2)c1)C(=O)NCC#N. The van der Waals surface area contributed by atoms with Crippen LogP contribution in [0.15, 0.2) is 24.3 Å². The summed E-state index contributed by atoms with van der Waals surface area (Å²) in [6.45, 7) is 7.45. The monoisotopic (exact) mass is 429 g/mol. The van der Waals surface area contributed by atoms with Crippen molar-refractivity contribution in [3.63, 3.8) is 0 Å². The molecule has 3 amide bonds. The Morgan fingerprint density at radius 2 is 1.97 bits per heavy atom. The lowest BCUT2D eigenvalue weighted by atomic mass is 10.0. The Morgan fingerprint density at radius 1 is 1.23 bits per heavy atom. The quantitative estimate of drug-likeness (QED) is 0.479. The van der Waals surface area contributed by atoms with E-state index in [0.29, 0.717) is 43.9 Å². The first-order valence-corrected chi connectivity index (χ1v) is 10.5. The Labute approximate surface area is 183 Å². The first kappa shape index (κ1) is 24.3. The Kier molecular flexibility index (Phi) is 9.94. The minimum Gasteiger partial charge on any atom is -0.379 e. The molecule has 1 aliphatic heterocycles. The lowest BCUT2D eigenvalue weighted by Crippen LogP contribution is -2.47. The topological polar surface area (TPSA) is 124 Å². The van der Waals surface area contributed by atoms with Gasteiger partial charge in [0.2, 0.25) is 11.8 Å². The van der Waals surface area contributed by atoms with Crippen molar-refractivity contribution in [2.45, 2.75) is 32.7 Å². The number of hydrogen-bond acceptors (Lipinski definition) is 6. The molecule has 31 heavy (non-hydrogen) atoms. The van der Waals surface area contributed by atoms with Crippen LogP contribution in [0, 0.1) is 17.2 Å². The first-order valence-electron chi connectivity index (χ1n) is 10.5. The third-order valence-corrected chi connectivity index (χ3v) is 4.84. The Hall–Kier alpha value is -2.96. The van der Waals surface area contributed by atoms with Crippen molar-refractivity contribution < 1.29 is 19.1 Å². The molecule has 168 valence electrons. The van der Waals surface area contributed by atoms with Crippen LogP contribution in [-0.4, -0.2) is 68.1 Å². The number of benzene rings is 1. The van der Waals surface area contributed by atoms with Gasteiger partial charge in [-0.3, -0.25) is 19.3 Å². The third kappa shape index (κ3) is 8.74. The Morgan fingerprint density at radius 3 is 2.65 bits per heavy atom. The number of ether oxygens (including phenoxy) is 1. The summed E-state index contributed by atoms with van der Waals surface area (Å²) < 4.78 is 5.30. The largest absolute Gasteiger partial charge is 0.379 e. The highest BCUT2D eigenvalue weighted by Crippen LogP contribution is 2.13. The van der Waals surface area contributed by atoms with Crippen molar-refractivity contribution in [2.75, 3.05) is 44.7 Å². The standard InChI is InChI=1S/C22H31N5O4/c1-16(2)14-19(22(30)24-8-7-23)26-21(29)17-4-3-5-18(15-17)25-20(28)6-9-27-10-12-31-13-11-27/h3-5,15-16,19H,6,8-14H2,1-2H3,(H,24,30)(H,25,28)(H,26,29)/t19-/m0/s1. The zero-order chi connectivity index (χ0) is 22.6. The van der Waals surface area contributed by atoms with Crippen molar-refractivity contribution in [2.24, 2.45) is 5.92 Å². The summed E-state index contributed by atoms with van der Waals surface area (Å²) in [4.78, 5) is 39.4. The smallest absolute Gasteiger partial charge is 0.252 e. The van der Waals surface area contributed by atoms with Gasteiger partial charge in [-0.2, -0.15) is 5.26 Å². The number of morpholine rings is 1. The van der Waals surface area contributed by atoms with Gasteiger partial charge in [-0.15, -0.1) is 0 Å². The number of amides is 3. The van der Waals surface area contributed by atoms with Crippen LogP contribution in [0.2, 0.25) is 0 Å². The number of nitrogens with one attached hydrogen (secondary N) is 3. The van der Waals surface area contributed by atoms with Crippen molar-refractivity contribution in [3.05, 3.63) is 29.8 Å². The minimum atomic E-state index is -0.743. The van der Waals surface area contributed by atoms with Crippen LogP contribution < -0.4 is 16.0 Å². The third-order valence-electron chi connectivity index (χ3n) is 4.84. The van der Waals surface area contributed by atoms with E-state index in [1.807, 2.05) is 19.9 Å². The summed E-state index contributed by atoms with van der Waals surface area (Å²) in [6.07, 6.45) is 0.799. The zero-order valence-corrected chi connectivity index (χ0v) is 18.1. The molecule has 0 aromatic heterocycles. The van der Waals surface area contributed by atoms with Gasteiger partial charge in [0.1, 0.15) is 12.6 Å². The molecule has 0 spiro atoms. The Bertz CT molecular complexity index is 799. The number of hydrogen-bond donors (Lipinski definition) is 3. The van der Waals surface area contributed by atoms with E-state index in [1.165, 1.54) is 0 Å². The second kappa shape index (κ2) is 12.7. The predicted octanol–water partition coefficient (Wildman–Crippen LogP) is 1.13. The van der Waals surface area contributed by atoms with E-state index in [0.717, 1.165) is 13.1 Å². The van der Waals surface area contributed by atoms with Gasteiger partial charge >= 0.3 is 0 Å². The number of nitriles is 1. The molecule has 9 nitrogen and oxygen atoms in total. The highest BCUT2D eigenvalue weighted by molar-refractivity contribution is 5.99. The predicted molar refractivity (Wildman–Crippen MR) is 116 cm³/mol. The number of nitrogens with zero attached hydrogens (tertiary/aromatic N) is 2. The van der Waals surface area contributed by atoms with Crippen LogP contribution in [0.1, 0.15) is 37.0 Å². The highest BCUT2D eigenvalue weighted by Gasteiger charge is 2.22. The van der Waals surface area contributed by atoms with Crippen LogP contribution >= 0.6 is 0 Å². The molecule has 1 aliphatic rings. The minimum absolute atomic E-state index is 0.116. The van der Waals surface area contributed by atoms with Crippen LogP contribution in [0.3, 0.4) is 0 Å². The fourth-order valence-electron chi connectivity index (χ4n) is 3.24. The van der Waals surface area contributed by atoms with Gasteiger partial charge in [0.25, 0.3) is 5.91 Å². The molecule has 3 N–H and O–H groups in total. The molecule has 0 radical (unpaired) electrons. The van der Waals surface area contributed by atoms with E-state index >= 15 is 0 Å². The lowest BCUT2D eigenvalue weighted by Gasteiger charge is -2.26. The molecular formula is C22H31N5O4. The van der Waals surface area contributed by atoms with E-state index < -0.39 is 17.9 Å². The summed E-state index contributed by atoms with van der Waals surface area (Å²) in [5.41, 5.74) is 0.863. The van der Waals surface area contributed by atoms with Crippen LogP contribution in [0.25, 0.3) is 0 Å². The maximum atomic E-state index is 12.7. The molecule has 0 saturated carbocycles. The fraction of sp³-hybridized carbons (Fsp3) is 0.545. The lowest BCUT2D eigenvalue weighted by molar-refractivity contribution is -0.123. The molecule has 0 aliphatic carbocycles. The molecule has 2 rings (SSSR count). The molecule has 1 fully saturated rings. The zero-order valence-electron chi connectivity index (χ0n) is 18.1. The summed E-state index contributed by atoms with van der Waals surface area (Å²) in [7, 11) is 0. The van der Waals surface area contributed by atoms with Crippen LogP contribution in [0.5, 0.6) is 0 Å². The van der Waals surface area contributed by atoms with E-state index in [4.69, 9.17) is 10.00 Å². The molecule has 1 aromatic rings. The second-order valence-electron chi connectivity index (χ2n) is 7.86. The normalized spacial score (nSPS) is 15.0. The molecule has 1 atom stereocenters. The van der Waals surface area contributed by atoms with Crippen molar-refractivity contribution >= 4 is 23.4 Å². The highest BCUT2D eigenvalue weighted by atomic mass is 16.5. The van der Waals surface area contributed by atoms with Gasteiger partial charge in [-0.1, -0.05) is 19.9 Å². The van der Waals surface area contributed by atoms with Gasteiger partial charge < -0.3 is 20.7 Å². The molecule has 1 aromatic carbocycles. The summed E-state index contributed by atoms with van der Waals surface area (Å²) in [5.74, 6) is -0.758. The summed E-state index contributed by atoms with van der Waals surface area (Å²) in [5, 5.41) is 16.7. The molecule has 0 unspecified atom stereocenters. The second-order valence-corrected chi connectivity index (χ2v) is 7.86. The molecule has 1 heterocycles. The van der Waals surface area contributed by atoms with E-state index in [-0.39, 0.29) is 18.4 Å². The van der Waals surface area contributed by atoms with Crippen LogP contribution in [0.4, 0.5) is 5.69 Å². The van der Waals surface area contributed by atoms with Gasteiger partial charge in [0, 0.05) is 37.3 Å². The number of carbonyl (C=O) groups excluding carboxylic acids is 3. The molecule has 1 saturated heterocycles. The van der Waals surface area contributed by atoms with Gasteiger partial charge in [-0.05, 0) is 30.5 Å². The van der Waals surface area contributed by atoms with E-state index in [1.54, 1.807) is 24.3 Å². The summed E-state index contributed by atoms with van der Waals surface area (Å²) >= 11 is 0. The molecule has 9 heteroatoms. The first-order chi connectivity index (χ1) is 14.9. The average Bonchev–Trinajstić information content (AvgIpc) is 2.76. The maximum Gasteiger partial charge on any atom is 0.252 e. The summed E-state index contributed by atoms with van der Waals surface area (Å²) in [6, 6.07) is 7.72.